The first-order valence-corrected chi connectivity index (χ1v) is 5.78. The third-order valence-electron chi connectivity index (χ3n) is 3.28. The van der Waals surface area contributed by atoms with Crippen molar-refractivity contribution < 1.29 is 4.79 Å². The number of likely N-dealkylation sites (tertiary alicyclic amines) is 1. The van der Waals surface area contributed by atoms with Gasteiger partial charge < -0.3 is 10.6 Å². The predicted molar refractivity (Wildman–Crippen MR) is 64.1 cm³/mol. The molecule has 2 atom stereocenters. The molecule has 0 bridgehead atoms. The number of hydrogen-bond donors (Lipinski definition) is 1. The summed E-state index contributed by atoms with van der Waals surface area (Å²) < 4.78 is 0. The van der Waals surface area contributed by atoms with Crippen LogP contribution in [-0.2, 0) is 0 Å². The van der Waals surface area contributed by atoms with E-state index in [4.69, 9.17) is 5.73 Å². The lowest BCUT2D eigenvalue weighted by atomic mass is 10.0. The Hall–Kier alpha value is -1.35. The molecule has 1 aliphatic heterocycles. The number of amides is 1. The van der Waals surface area contributed by atoms with E-state index < -0.39 is 0 Å². The molecule has 2 unspecified atom stereocenters. The lowest BCUT2D eigenvalue weighted by molar-refractivity contribution is 0.0786. The smallest absolute Gasteiger partial charge is 0.253 e. The van der Waals surface area contributed by atoms with E-state index >= 15 is 0 Å². The molecule has 0 radical (unpaired) electrons. The molecule has 1 heterocycles. The van der Waals surface area contributed by atoms with Gasteiger partial charge in [-0.2, -0.15) is 0 Å². The number of nitrogens with two attached hydrogens (primary N) is 1. The topological polar surface area (TPSA) is 46.3 Å². The molecule has 2 N–H and O–H groups in total. The van der Waals surface area contributed by atoms with Crippen LogP contribution in [0.5, 0.6) is 0 Å². The summed E-state index contributed by atoms with van der Waals surface area (Å²) in [6.45, 7) is 3.65. The Bertz CT molecular complexity index is 361. The van der Waals surface area contributed by atoms with Gasteiger partial charge in [-0.3, -0.25) is 4.79 Å². The third kappa shape index (κ3) is 2.25. The average Bonchev–Trinajstić information content (AvgIpc) is 2.78. The Labute approximate surface area is 96.2 Å². The average molecular weight is 218 g/mol. The SMILES string of the molecule is CC(N)C1CCN(C(=O)c2ccccc2)C1. The van der Waals surface area contributed by atoms with Gasteiger partial charge >= 0.3 is 0 Å². The summed E-state index contributed by atoms with van der Waals surface area (Å²) in [5.41, 5.74) is 6.63. The number of carbonyl (C=O) groups is 1. The van der Waals surface area contributed by atoms with E-state index in [1.54, 1.807) is 0 Å². The monoisotopic (exact) mass is 218 g/mol. The van der Waals surface area contributed by atoms with Crippen molar-refractivity contribution in [2.75, 3.05) is 13.1 Å². The summed E-state index contributed by atoms with van der Waals surface area (Å²) in [6.07, 6.45) is 1.02. The molecule has 1 aromatic carbocycles. The highest BCUT2D eigenvalue weighted by Crippen LogP contribution is 2.20. The van der Waals surface area contributed by atoms with Crippen LogP contribution in [0.3, 0.4) is 0 Å². The highest BCUT2D eigenvalue weighted by molar-refractivity contribution is 5.94. The van der Waals surface area contributed by atoms with Crippen molar-refractivity contribution in [3.63, 3.8) is 0 Å². The van der Waals surface area contributed by atoms with Crippen molar-refractivity contribution in [2.24, 2.45) is 11.7 Å². The Morgan fingerprint density at radius 3 is 2.69 bits per heavy atom. The van der Waals surface area contributed by atoms with Crippen LogP contribution < -0.4 is 5.73 Å². The van der Waals surface area contributed by atoms with Crippen LogP contribution in [0, 0.1) is 5.92 Å². The van der Waals surface area contributed by atoms with Gasteiger partial charge in [-0.05, 0) is 31.4 Å². The molecule has 0 spiro atoms. The first-order chi connectivity index (χ1) is 7.68. The molecular formula is C13H18N2O. The van der Waals surface area contributed by atoms with Gasteiger partial charge in [0, 0.05) is 24.7 Å². The summed E-state index contributed by atoms with van der Waals surface area (Å²) in [7, 11) is 0. The van der Waals surface area contributed by atoms with Crippen LogP contribution in [0.15, 0.2) is 30.3 Å². The van der Waals surface area contributed by atoms with Crippen molar-refractivity contribution in [3.8, 4) is 0 Å². The van der Waals surface area contributed by atoms with Gasteiger partial charge in [-0.1, -0.05) is 18.2 Å². The molecule has 0 aromatic heterocycles. The van der Waals surface area contributed by atoms with Gasteiger partial charge in [0.2, 0.25) is 0 Å². The first-order valence-electron chi connectivity index (χ1n) is 5.78. The maximum absolute atomic E-state index is 12.1. The van der Waals surface area contributed by atoms with Gasteiger partial charge in [0.1, 0.15) is 0 Å². The molecule has 1 fully saturated rings. The normalized spacial score (nSPS) is 22.1. The predicted octanol–water partition coefficient (Wildman–Crippen LogP) is 1.50. The molecule has 2 rings (SSSR count). The summed E-state index contributed by atoms with van der Waals surface area (Å²) in [4.78, 5) is 14.0. The summed E-state index contributed by atoms with van der Waals surface area (Å²) in [6, 6.07) is 9.61. The molecule has 1 amide bonds. The Balaban J connectivity index is 2.03. The molecule has 0 saturated carbocycles. The van der Waals surface area contributed by atoms with Crippen LogP contribution >= 0.6 is 0 Å². The van der Waals surface area contributed by atoms with E-state index in [0.29, 0.717) is 5.92 Å². The molecule has 16 heavy (non-hydrogen) atoms. The fourth-order valence-electron chi connectivity index (χ4n) is 2.16. The van der Waals surface area contributed by atoms with E-state index in [-0.39, 0.29) is 11.9 Å². The van der Waals surface area contributed by atoms with Crippen LogP contribution in [0.4, 0.5) is 0 Å². The van der Waals surface area contributed by atoms with Crippen LogP contribution in [0.25, 0.3) is 0 Å². The summed E-state index contributed by atoms with van der Waals surface area (Å²) >= 11 is 0. The highest BCUT2D eigenvalue weighted by atomic mass is 16.2. The number of hydrogen-bond acceptors (Lipinski definition) is 2. The molecule has 3 heteroatoms. The zero-order chi connectivity index (χ0) is 11.5. The van der Waals surface area contributed by atoms with Crippen molar-refractivity contribution >= 4 is 5.91 Å². The fourth-order valence-corrected chi connectivity index (χ4v) is 2.16. The number of carbonyl (C=O) groups excluding carboxylic acids is 1. The zero-order valence-electron chi connectivity index (χ0n) is 9.60. The molecule has 1 aromatic rings. The quantitative estimate of drug-likeness (QED) is 0.817. The lowest BCUT2D eigenvalue weighted by Crippen LogP contribution is -2.32. The molecule has 0 aliphatic carbocycles. The second-order valence-corrected chi connectivity index (χ2v) is 4.53. The van der Waals surface area contributed by atoms with Crippen LogP contribution in [0.2, 0.25) is 0 Å². The number of benzene rings is 1. The second kappa shape index (κ2) is 4.66. The molecular weight excluding hydrogens is 200 g/mol. The minimum Gasteiger partial charge on any atom is -0.338 e. The molecule has 3 nitrogen and oxygen atoms in total. The first kappa shape index (κ1) is 11.1. The maximum atomic E-state index is 12.1. The van der Waals surface area contributed by atoms with E-state index in [2.05, 4.69) is 0 Å². The molecule has 1 aliphatic rings. The van der Waals surface area contributed by atoms with E-state index in [9.17, 15) is 4.79 Å². The number of nitrogens with zero attached hydrogens (tertiary/aromatic N) is 1. The summed E-state index contributed by atoms with van der Waals surface area (Å²) in [5.74, 6) is 0.580. The lowest BCUT2D eigenvalue weighted by Gasteiger charge is -2.18. The number of rotatable bonds is 2. The minimum absolute atomic E-state index is 0.128. The Kier molecular flexibility index (Phi) is 3.25. The van der Waals surface area contributed by atoms with Crippen molar-refractivity contribution in [1.82, 2.24) is 4.90 Å². The van der Waals surface area contributed by atoms with Crippen molar-refractivity contribution in [2.45, 2.75) is 19.4 Å². The zero-order valence-corrected chi connectivity index (χ0v) is 9.60. The summed E-state index contributed by atoms with van der Waals surface area (Å²) in [5, 5.41) is 0. The van der Waals surface area contributed by atoms with Crippen LogP contribution in [0.1, 0.15) is 23.7 Å². The molecule has 86 valence electrons. The maximum Gasteiger partial charge on any atom is 0.253 e. The molecule has 1 saturated heterocycles. The second-order valence-electron chi connectivity index (χ2n) is 4.53. The van der Waals surface area contributed by atoms with E-state index in [0.717, 1.165) is 25.1 Å². The Morgan fingerprint density at radius 1 is 1.44 bits per heavy atom. The van der Waals surface area contributed by atoms with Gasteiger partial charge in [0.25, 0.3) is 5.91 Å². The van der Waals surface area contributed by atoms with Gasteiger partial charge in [0.15, 0.2) is 0 Å². The van der Waals surface area contributed by atoms with Crippen LogP contribution in [-0.4, -0.2) is 29.9 Å². The van der Waals surface area contributed by atoms with E-state index in [1.165, 1.54) is 0 Å². The largest absolute Gasteiger partial charge is 0.338 e. The van der Waals surface area contributed by atoms with Crippen molar-refractivity contribution in [1.29, 1.82) is 0 Å². The van der Waals surface area contributed by atoms with Crippen molar-refractivity contribution in [3.05, 3.63) is 35.9 Å². The third-order valence-corrected chi connectivity index (χ3v) is 3.28. The standard InChI is InChI=1S/C13H18N2O/c1-10(14)12-7-8-15(9-12)13(16)11-5-3-2-4-6-11/h2-6,10,12H,7-9,14H2,1H3. The van der Waals surface area contributed by atoms with Gasteiger partial charge in [0.05, 0.1) is 0 Å². The van der Waals surface area contributed by atoms with E-state index in [1.807, 2.05) is 42.2 Å². The van der Waals surface area contributed by atoms with Gasteiger partial charge in [-0.15, -0.1) is 0 Å². The highest BCUT2D eigenvalue weighted by Gasteiger charge is 2.28. The van der Waals surface area contributed by atoms with Gasteiger partial charge in [-0.25, -0.2) is 0 Å². The minimum atomic E-state index is 0.128. The Morgan fingerprint density at radius 2 is 2.12 bits per heavy atom. The fraction of sp³-hybridized carbons (Fsp3) is 0.462.